The van der Waals surface area contributed by atoms with Crippen molar-refractivity contribution in [1.29, 1.82) is 0 Å². The number of ether oxygens (including phenoxy) is 1. The van der Waals surface area contributed by atoms with Gasteiger partial charge >= 0.3 is 0 Å². The van der Waals surface area contributed by atoms with Gasteiger partial charge in [-0.1, -0.05) is 31.5 Å². The van der Waals surface area contributed by atoms with E-state index in [0.717, 1.165) is 35.6 Å². The van der Waals surface area contributed by atoms with Crippen LogP contribution in [-0.2, 0) is 16.4 Å². The number of fused-ring (bicyclic) bond motifs is 1. The highest BCUT2D eigenvalue weighted by Gasteiger charge is 2.30. The summed E-state index contributed by atoms with van der Waals surface area (Å²) in [5.74, 6) is 2.66. The minimum Gasteiger partial charge on any atom is -0.497 e. The van der Waals surface area contributed by atoms with Gasteiger partial charge in [-0.3, -0.25) is 0 Å². The summed E-state index contributed by atoms with van der Waals surface area (Å²) in [6.45, 7) is 6.07. The summed E-state index contributed by atoms with van der Waals surface area (Å²) >= 11 is 6.25. The van der Waals surface area contributed by atoms with Crippen molar-refractivity contribution in [3.63, 3.8) is 0 Å². The molecule has 0 N–H and O–H groups in total. The first-order valence-corrected chi connectivity index (χ1v) is 14.5. The molecule has 0 radical (unpaired) electrons. The molecule has 3 heterocycles. The maximum atomic E-state index is 13.3. The molecule has 1 fully saturated rings. The van der Waals surface area contributed by atoms with Crippen LogP contribution in [0.1, 0.15) is 26.1 Å². The number of hydrogen-bond donors (Lipinski definition) is 0. The van der Waals surface area contributed by atoms with Crippen molar-refractivity contribution in [3.05, 3.63) is 65.6 Å². The highest BCUT2D eigenvalue weighted by Crippen LogP contribution is 2.29. The smallest absolute Gasteiger partial charge is 0.243 e. The van der Waals surface area contributed by atoms with Crippen molar-refractivity contribution < 1.29 is 13.2 Å². The predicted molar refractivity (Wildman–Crippen MR) is 149 cm³/mol. The molecule has 1 saturated heterocycles. The lowest BCUT2D eigenvalue weighted by molar-refractivity contribution is 0.383. The molecule has 1 aliphatic rings. The quantitative estimate of drug-likeness (QED) is 0.315. The van der Waals surface area contributed by atoms with E-state index in [1.807, 2.05) is 24.3 Å². The monoisotopic (exact) mass is 554 g/mol. The topological polar surface area (TPSA) is 93.5 Å². The Bertz CT molecular complexity index is 1530. The fourth-order valence-corrected chi connectivity index (χ4v) is 6.15. The number of nitrogens with zero attached hydrogens (tertiary/aromatic N) is 6. The second kappa shape index (κ2) is 10.9. The predicted octanol–water partition coefficient (Wildman–Crippen LogP) is 4.58. The fraction of sp³-hybridized carbons (Fsp3) is 0.370. The van der Waals surface area contributed by atoms with E-state index < -0.39 is 10.0 Å². The lowest BCUT2D eigenvalue weighted by Gasteiger charge is -2.35. The number of piperazine rings is 1. The van der Waals surface area contributed by atoms with E-state index in [2.05, 4.69) is 23.8 Å². The molecule has 1 aliphatic heterocycles. The minimum absolute atomic E-state index is 0.259. The molecular weight excluding hydrogens is 524 g/mol. The average molecular weight is 555 g/mol. The van der Waals surface area contributed by atoms with E-state index in [4.69, 9.17) is 26.3 Å². The summed E-state index contributed by atoms with van der Waals surface area (Å²) in [4.78, 5) is 12.2. The first-order valence-electron chi connectivity index (χ1n) is 12.7. The lowest BCUT2D eigenvalue weighted by atomic mass is 10.1. The standard InChI is InChI=1S/C27H31ClN6O3S/c1-19(2)7-12-25-30-26(24-18-29-34(27(24)31-25)21-6-4-5-20(28)17-21)32-13-15-33(16-14-32)38(35,36)23-10-8-22(37-3)9-11-23/h4-6,8-11,17-19H,7,12-16H2,1-3H3. The van der Waals surface area contributed by atoms with E-state index in [-0.39, 0.29) is 4.90 Å². The number of halogens is 1. The van der Waals surface area contributed by atoms with Crippen molar-refractivity contribution >= 4 is 38.5 Å². The van der Waals surface area contributed by atoms with E-state index in [1.54, 1.807) is 42.3 Å². The molecule has 0 atom stereocenters. The number of aryl methyl sites for hydroxylation is 1. The van der Waals surface area contributed by atoms with Crippen molar-refractivity contribution in [1.82, 2.24) is 24.1 Å². The van der Waals surface area contributed by atoms with Gasteiger partial charge < -0.3 is 9.64 Å². The van der Waals surface area contributed by atoms with Gasteiger partial charge in [-0.05, 0) is 54.8 Å². The van der Waals surface area contributed by atoms with Crippen LogP contribution >= 0.6 is 11.6 Å². The average Bonchev–Trinajstić information content (AvgIpc) is 3.35. The van der Waals surface area contributed by atoms with Crippen LogP contribution < -0.4 is 9.64 Å². The Morgan fingerprint density at radius 2 is 1.76 bits per heavy atom. The molecule has 38 heavy (non-hydrogen) atoms. The Morgan fingerprint density at radius 1 is 1.03 bits per heavy atom. The Kier molecular flexibility index (Phi) is 7.56. The van der Waals surface area contributed by atoms with Gasteiger partial charge in [-0.25, -0.2) is 23.1 Å². The Labute approximate surface area is 228 Å². The highest BCUT2D eigenvalue weighted by molar-refractivity contribution is 7.89. The van der Waals surface area contributed by atoms with Crippen LogP contribution in [0.2, 0.25) is 5.02 Å². The van der Waals surface area contributed by atoms with Crippen LogP contribution in [0.25, 0.3) is 16.7 Å². The zero-order valence-corrected chi connectivity index (χ0v) is 23.3. The third-order valence-corrected chi connectivity index (χ3v) is 8.84. The molecule has 11 heteroatoms. The molecule has 4 aromatic rings. The summed E-state index contributed by atoms with van der Waals surface area (Å²) in [5, 5.41) is 6.06. The van der Waals surface area contributed by atoms with Gasteiger partial charge in [0.2, 0.25) is 10.0 Å². The van der Waals surface area contributed by atoms with Gasteiger partial charge in [0.15, 0.2) is 5.65 Å². The SMILES string of the molecule is COc1ccc(S(=O)(=O)N2CCN(c3nc(CCC(C)C)nc4c3cnn4-c3cccc(Cl)c3)CC2)cc1. The number of methoxy groups -OCH3 is 1. The summed E-state index contributed by atoms with van der Waals surface area (Å²) < 4.78 is 35.0. The molecular formula is C27H31ClN6O3S. The third kappa shape index (κ3) is 5.34. The zero-order chi connectivity index (χ0) is 26.9. The molecule has 0 unspecified atom stereocenters. The van der Waals surface area contributed by atoms with Gasteiger partial charge in [-0.2, -0.15) is 9.40 Å². The second-order valence-corrected chi connectivity index (χ2v) is 12.1. The van der Waals surface area contributed by atoms with E-state index in [9.17, 15) is 8.42 Å². The molecule has 2 aromatic carbocycles. The number of rotatable bonds is 8. The largest absolute Gasteiger partial charge is 0.497 e. The molecule has 0 saturated carbocycles. The lowest BCUT2D eigenvalue weighted by Crippen LogP contribution is -2.49. The zero-order valence-electron chi connectivity index (χ0n) is 21.7. The summed E-state index contributed by atoms with van der Waals surface area (Å²) in [7, 11) is -2.05. The van der Waals surface area contributed by atoms with Gasteiger partial charge in [0.05, 0.1) is 29.3 Å². The molecule has 0 aliphatic carbocycles. The molecule has 0 spiro atoms. The van der Waals surface area contributed by atoms with Crippen molar-refractivity contribution in [2.45, 2.75) is 31.6 Å². The molecule has 5 rings (SSSR count). The Balaban J connectivity index is 1.44. The van der Waals surface area contributed by atoms with Crippen LogP contribution in [-0.4, -0.2) is 65.8 Å². The minimum atomic E-state index is -3.61. The molecule has 0 amide bonds. The summed E-state index contributed by atoms with van der Waals surface area (Å²) in [5.41, 5.74) is 1.53. The van der Waals surface area contributed by atoms with Gasteiger partial charge in [-0.15, -0.1) is 0 Å². The Hall–Kier alpha value is -3.21. The summed E-state index contributed by atoms with van der Waals surface area (Å²) in [6, 6.07) is 14.0. The number of sulfonamides is 1. The molecule has 9 nitrogen and oxygen atoms in total. The second-order valence-electron chi connectivity index (χ2n) is 9.74. The van der Waals surface area contributed by atoms with Crippen molar-refractivity contribution in [2.24, 2.45) is 5.92 Å². The molecule has 200 valence electrons. The van der Waals surface area contributed by atoms with Gasteiger partial charge in [0, 0.05) is 37.6 Å². The number of aromatic nitrogens is 4. The normalized spacial score (nSPS) is 14.9. The van der Waals surface area contributed by atoms with Crippen LogP contribution in [0, 0.1) is 5.92 Å². The van der Waals surface area contributed by atoms with Crippen LogP contribution in [0.15, 0.2) is 59.6 Å². The van der Waals surface area contributed by atoms with Crippen LogP contribution in [0.4, 0.5) is 5.82 Å². The fourth-order valence-electron chi connectivity index (χ4n) is 4.54. The number of hydrogen-bond acceptors (Lipinski definition) is 7. The maximum absolute atomic E-state index is 13.3. The van der Waals surface area contributed by atoms with Crippen LogP contribution in [0.5, 0.6) is 5.75 Å². The number of anilines is 1. The molecule has 0 bridgehead atoms. The highest BCUT2D eigenvalue weighted by atomic mass is 35.5. The molecule has 2 aromatic heterocycles. The first kappa shape index (κ1) is 26.4. The van der Waals surface area contributed by atoms with Crippen molar-refractivity contribution in [2.75, 3.05) is 38.2 Å². The number of benzene rings is 2. The summed E-state index contributed by atoms with van der Waals surface area (Å²) in [6.07, 6.45) is 3.48. The first-order chi connectivity index (χ1) is 18.3. The van der Waals surface area contributed by atoms with E-state index >= 15 is 0 Å². The van der Waals surface area contributed by atoms with Gasteiger partial charge in [0.25, 0.3) is 0 Å². The maximum Gasteiger partial charge on any atom is 0.243 e. The Morgan fingerprint density at radius 3 is 2.42 bits per heavy atom. The van der Waals surface area contributed by atoms with E-state index in [1.165, 1.54) is 4.31 Å². The van der Waals surface area contributed by atoms with Crippen molar-refractivity contribution in [3.8, 4) is 11.4 Å². The van der Waals surface area contributed by atoms with Gasteiger partial charge in [0.1, 0.15) is 17.4 Å². The van der Waals surface area contributed by atoms with Crippen LogP contribution in [0.3, 0.4) is 0 Å². The third-order valence-electron chi connectivity index (χ3n) is 6.69. The van der Waals surface area contributed by atoms with E-state index in [0.29, 0.717) is 48.5 Å².